The number of hydrogen-bond donors (Lipinski definition) is 1. The fourth-order valence-electron chi connectivity index (χ4n) is 3.07. The monoisotopic (exact) mass is 417 g/mol. The average Bonchev–Trinajstić information content (AvgIpc) is 3.01. The van der Waals surface area contributed by atoms with E-state index in [9.17, 15) is 17.6 Å². The first-order valence-electron chi connectivity index (χ1n) is 8.97. The molecule has 0 saturated carbocycles. The summed E-state index contributed by atoms with van der Waals surface area (Å²) in [5.74, 6) is -2.60. The van der Waals surface area contributed by atoms with Crippen LogP contribution in [0.15, 0.2) is 30.5 Å². The van der Waals surface area contributed by atoms with E-state index in [0.29, 0.717) is 5.92 Å². The highest BCUT2D eigenvalue weighted by Crippen LogP contribution is 2.28. The Morgan fingerprint density at radius 3 is 2.48 bits per heavy atom. The first-order valence-corrected chi connectivity index (χ1v) is 8.97. The summed E-state index contributed by atoms with van der Waals surface area (Å²) < 4.78 is 52.3. The van der Waals surface area contributed by atoms with Crippen LogP contribution in [0.25, 0.3) is 0 Å². The van der Waals surface area contributed by atoms with Gasteiger partial charge in [0.05, 0.1) is 12.3 Å². The Kier molecular flexibility index (Phi) is 7.74. The minimum absolute atomic E-state index is 0.191. The molecule has 0 aliphatic carbocycles. The maximum absolute atomic E-state index is 13.0. The summed E-state index contributed by atoms with van der Waals surface area (Å²) in [5.41, 5.74) is 3.54. The third-order valence-corrected chi connectivity index (χ3v) is 4.31. The summed E-state index contributed by atoms with van der Waals surface area (Å²) in [6.45, 7) is 6.04. The van der Waals surface area contributed by atoms with E-state index in [1.165, 1.54) is 17.7 Å². The smallest absolute Gasteiger partial charge is 0.475 e. The Morgan fingerprint density at radius 2 is 1.93 bits per heavy atom. The summed E-state index contributed by atoms with van der Waals surface area (Å²) in [7, 11) is 1.96. The summed E-state index contributed by atoms with van der Waals surface area (Å²) in [6.07, 6.45) is -2.98. The van der Waals surface area contributed by atoms with Crippen molar-refractivity contribution in [1.82, 2.24) is 14.7 Å². The van der Waals surface area contributed by atoms with E-state index in [1.54, 1.807) is 0 Å². The highest BCUT2D eigenvalue weighted by atomic mass is 19.4. The topological polar surface area (TPSA) is 67.6 Å². The van der Waals surface area contributed by atoms with E-state index >= 15 is 0 Å². The van der Waals surface area contributed by atoms with Crippen molar-refractivity contribution in [3.05, 3.63) is 53.1 Å². The third-order valence-electron chi connectivity index (χ3n) is 4.31. The standard InChI is InChI=1S/C17H22FN3O.C2HF3O2/c1-3-22-12-14-9-21(8-13-4-6-15(18)7-5-13)11-17-16(14)10-20(2)19-17;3-2(4,5)1(6)7/h4-7,10,14H,3,8-9,11-12H2,1-2H3;(H,6,7). The molecule has 6 nitrogen and oxygen atoms in total. The molecule has 0 fully saturated rings. The largest absolute Gasteiger partial charge is 0.490 e. The molecule has 0 saturated heterocycles. The van der Waals surface area contributed by atoms with Gasteiger partial charge in [0.1, 0.15) is 5.82 Å². The maximum atomic E-state index is 13.0. The summed E-state index contributed by atoms with van der Waals surface area (Å²) in [5, 5.41) is 11.7. The maximum Gasteiger partial charge on any atom is 0.490 e. The Bertz CT molecular complexity index is 806. The van der Waals surface area contributed by atoms with Gasteiger partial charge in [-0.3, -0.25) is 9.58 Å². The average molecular weight is 417 g/mol. The molecule has 2 aromatic rings. The van der Waals surface area contributed by atoms with Crippen LogP contribution in [0.4, 0.5) is 17.6 Å². The molecule has 3 rings (SSSR count). The second kappa shape index (κ2) is 9.84. The molecule has 0 amide bonds. The molecular weight excluding hydrogens is 394 g/mol. The van der Waals surface area contributed by atoms with Crippen molar-refractivity contribution in [2.24, 2.45) is 7.05 Å². The molecule has 1 aliphatic heterocycles. The predicted molar refractivity (Wildman–Crippen MR) is 96.6 cm³/mol. The van der Waals surface area contributed by atoms with Crippen LogP contribution in [0, 0.1) is 5.82 Å². The molecule has 0 spiro atoms. The lowest BCUT2D eigenvalue weighted by Gasteiger charge is -2.32. The van der Waals surface area contributed by atoms with Crippen LogP contribution in [0.2, 0.25) is 0 Å². The third kappa shape index (κ3) is 6.82. The number of hydrogen-bond acceptors (Lipinski definition) is 4. The van der Waals surface area contributed by atoms with Crippen molar-refractivity contribution in [1.29, 1.82) is 0 Å². The molecule has 29 heavy (non-hydrogen) atoms. The summed E-state index contributed by atoms with van der Waals surface area (Å²) in [4.78, 5) is 11.2. The summed E-state index contributed by atoms with van der Waals surface area (Å²) >= 11 is 0. The highest BCUT2D eigenvalue weighted by molar-refractivity contribution is 5.73. The van der Waals surface area contributed by atoms with Crippen LogP contribution in [0.5, 0.6) is 0 Å². The van der Waals surface area contributed by atoms with Gasteiger partial charge in [-0.2, -0.15) is 18.3 Å². The molecule has 1 aromatic carbocycles. The van der Waals surface area contributed by atoms with Crippen LogP contribution in [0.1, 0.15) is 29.7 Å². The zero-order valence-corrected chi connectivity index (χ0v) is 16.1. The van der Waals surface area contributed by atoms with E-state index in [2.05, 4.69) is 16.2 Å². The van der Waals surface area contributed by atoms with Crippen molar-refractivity contribution < 1.29 is 32.2 Å². The van der Waals surface area contributed by atoms with E-state index in [1.807, 2.05) is 30.8 Å². The van der Waals surface area contributed by atoms with Crippen LogP contribution in [-0.2, 0) is 29.7 Å². The van der Waals surface area contributed by atoms with Gasteiger partial charge in [0.25, 0.3) is 0 Å². The van der Waals surface area contributed by atoms with Gasteiger partial charge in [0.2, 0.25) is 0 Å². The minimum Gasteiger partial charge on any atom is -0.475 e. The Labute approximate surface area is 165 Å². The van der Waals surface area contributed by atoms with E-state index in [-0.39, 0.29) is 5.82 Å². The quantitative estimate of drug-likeness (QED) is 0.756. The number of alkyl halides is 3. The Balaban J connectivity index is 0.000000370. The molecule has 1 aliphatic rings. The van der Waals surface area contributed by atoms with Gasteiger partial charge in [-0.15, -0.1) is 0 Å². The first-order chi connectivity index (χ1) is 13.6. The molecule has 160 valence electrons. The molecule has 1 unspecified atom stereocenters. The highest BCUT2D eigenvalue weighted by Gasteiger charge is 2.38. The first kappa shape index (κ1) is 22.8. The van der Waals surface area contributed by atoms with Crippen molar-refractivity contribution in [3.63, 3.8) is 0 Å². The van der Waals surface area contributed by atoms with Crippen molar-refractivity contribution in [2.75, 3.05) is 19.8 Å². The number of ether oxygens (including phenoxy) is 1. The molecule has 1 aromatic heterocycles. The van der Waals surface area contributed by atoms with Crippen LogP contribution in [-0.4, -0.2) is 51.7 Å². The van der Waals surface area contributed by atoms with Gasteiger partial charge >= 0.3 is 12.1 Å². The number of halogens is 4. The van der Waals surface area contributed by atoms with Gasteiger partial charge < -0.3 is 9.84 Å². The number of aliphatic carboxylic acids is 1. The van der Waals surface area contributed by atoms with Gasteiger partial charge in [0.15, 0.2) is 0 Å². The molecule has 2 heterocycles. The van der Waals surface area contributed by atoms with Crippen LogP contribution in [0.3, 0.4) is 0 Å². The molecular formula is C19H23F4N3O3. The van der Waals surface area contributed by atoms with E-state index < -0.39 is 12.1 Å². The van der Waals surface area contributed by atoms with Gasteiger partial charge in [-0.25, -0.2) is 9.18 Å². The Morgan fingerprint density at radius 1 is 1.31 bits per heavy atom. The van der Waals surface area contributed by atoms with Crippen molar-refractivity contribution in [3.8, 4) is 0 Å². The normalized spacial score (nSPS) is 16.7. The fourth-order valence-corrected chi connectivity index (χ4v) is 3.07. The number of carboxylic acids is 1. The fraction of sp³-hybridized carbons (Fsp3) is 0.474. The van der Waals surface area contributed by atoms with Crippen LogP contribution >= 0.6 is 0 Å². The number of nitrogens with zero attached hydrogens (tertiary/aromatic N) is 3. The number of aryl methyl sites for hydroxylation is 1. The molecule has 10 heteroatoms. The minimum atomic E-state index is -5.08. The molecule has 0 radical (unpaired) electrons. The number of aromatic nitrogens is 2. The number of benzene rings is 1. The number of rotatable bonds is 5. The lowest BCUT2D eigenvalue weighted by molar-refractivity contribution is -0.192. The van der Waals surface area contributed by atoms with Crippen molar-refractivity contribution >= 4 is 5.97 Å². The van der Waals surface area contributed by atoms with Gasteiger partial charge in [0, 0.05) is 51.0 Å². The SMILES string of the molecule is CCOCC1CN(Cc2ccc(F)cc2)Cc2nn(C)cc21.O=C(O)C(F)(F)F. The van der Waals surface area contributed by atoms with E-state index in [4.69, 9.17) is 14.6 Å². The molecule has 0 bridgehead atoms. The number of carbonyl (C=O) groups is 1. The Hall–Kier alpha value is -2.46. The second-order valence-corrected chi connectivity index (χ2v) is 6.66. The number of carboxylic acid groups (broad SMARTS) is 1. The molecule has 1 N–H and O–H groups in total. The zero-order chi connectivity index (χ0) is 21.6. The van der Waals surface area contributed by atoms with E-state index in [0.717, 1.165) is 44.1 Å². The van der Waals surface area contributed by atoms with Crippen LogP contribution < -0.4 is 0 Å². The zero-order valence-electron chi connectivity index (χ0n) is 16.1. The lowest BCUT2D eigenvalue weighted by atomic mass is 9.95. The molecule has 1 atom stereocenters. The number of fused-ring (bicyclic) bond motifs is 1. The van der Waals surface area contributed by atoms with Gasteiger partial charge in [-0.1, -0.05) is 12.1 Å². The summed E-state index contributed by atoms with van der Waals surface area (Å²) in [6, 6.07) is 6.73. The lowest BCUT2D eigenvalue weighted by Crippen LogP contribution is -2.34. The van der Waals surface area contributed by atoms with Crippen molar-refractivity contribution in [2.45, 2.75) is 32.1 Å². The van der Waals surface area contributed by atoms with Gasteiger partial charge in [-0.05, 0) is 24.6 Å². The second-order valence-electron chi connectivity index (χ2n) is 6.66. The predicted octanol–water partition coefficient (Wildman–Crippen LogP) is 3.33.